The molecule has 2 atom stereocenters. The average molecular weight is 134 g/mol. The first kappa shape index (κ1) is 7.74. The zero-order valence-electron chi connectivity index (χ0n) is 4.85. The first-order valence-electron chi connectivity index (χ1n) is 2.29. The fraction of sp³-hybridized carbons (Fsp3) is 0.800. The van der Waals surface area contributed by atoms with Crippen LogP contribution in [0.1, 0.15) is 13.8 Å². The summed E-state index contributed by atoms with van der Waals surface area (Å²) in [7, 11) is 0. The molecule has 2 nitrogen and oxygen atoms in total. The second kappa shape index (κ2) is 2.34. The fourth-order valence-corrected chi connectivity index (χ4v) is 0.0934. The molecule has 0 heterocycles. The average Bonchev–Trinajstić information content (AvgIpc) is 1.67. The molecule has 0 aromatic heterocycles. The number of nitriles is 1. The molecule has 0 bridgehead atoms. The predicted molar refractivity (Wildman–Crippen MR) is 31.6 cm³/mol. The third kappa shape index (κ3) is 1.69. The van der Waals surface area contributed by atoms with Crippen LogP contribution in [0.25, 0.3) is 0 Å². The summed E-state index contributed by atoms with van der Waals surface area (Å²) in [5.41, 5.74) is 0. The van der Waals surface area contributed by atoms with Crippen LogP contribution in [-0.2, 0) is 0 Å². The van der Waals surface area contributed by atoms with Gasteiger partial charge in [-0.2, -0.15) is 5.26 Å². The van der Waals surface area contributed by atoms with Crippen molar-refractivity contribution in [3.63, 3.8) is 0 Å². The quantitative estimate of drug-likeness (QED) is 0.540. The smallest absolute Gasteiger partial charge is 0.153 e. The fourth-order valence-electron chi connectivity index (χ4n) is 0.0934. The number of hydrogen-bond acceptors (Lipinski definition) is 2. The molecular formula is C5H8ClNO. The third-order valence-electron chi connectivity index (χ3n) is 1.00. The third-order valence-corrected chi connectivity index (χ3v) is 1.40. The van der Waals surface area contributed by atoms with Crippen molar-refractivity contribution in [1.29, 1.82) is 5.26 Å². The van der Waals surface area contributed by atoms with Gasteiger partial charge in [-0.3, -0.25) is 0 Å². The monoisotopic (exact) mass is 133 g/mol. The molecular weight excluding hydrogens is 126 g/mol. The molecule has 0 fully saturated rings. The maximum Gasteiger partial charge on any atom is 0.153 e. The van der Waals surface area contributed by atoms with E-state index in [2.05, 4.69) is 0 Å². The lowest BCUT2D eigenvalue weighted by molar-refractivity contribution is 0.172. The number of halogens is 1. The van der Waals surface area contributed by atoms with E-state index in [0.717, 1.165) is 0 Å². The lowest BCUT2D eigenvalue weighted by Gasteiger charge is -2.14. The molecule has 0 aliphatic carbocycles. The van der Waals surface area contributed by atoms with Gasteiger partial charge in [0.05, 0.1) is 12.2 Å². The topological polar surface area (TPSA) is 44.0 Å². The van der Waals surface area contributed by atoms with Gasteiger partial charge in [0.2, 0.25) is 0 Å². The van der Waals surface area contributed by atoms with Gasteiger partial charge in [-0.1, -0.05) is 0 Å². The summed E-state index contributed by atoms with van der Waals surface area (Å²) in [6.45, 7) is 2.95. The van der Waals surface area contributed by atoms with Crippen LogP contribution >= 0.6 is 11.6 Å². The van der Waals surface area contributed by atoms with Crippen molar-refractivity contribution in [1.82, 2.24) is 0 Å². The lowest BCUT2D eigenvalue weighted by atomic mass is 10.1. The van der Waals surface area contributed by atoms with Crippen LogP contribution in [0.3, 0.4) is 0 Å². The van der Waals surface area contributed by atoms with E-state index >= 15 is 0 Å². The molecule has 0 spiro atoms. The van der Waals surface area contributed by atoms with Crippen LogP contribution in [0.2, 0.25) is 0 Å². The number of hydrogen-bond donors (Lipinski definition) is 1. The number of aliphatic hydroxyl groups excluding tert-OH is 1. The van der Waals surface area contributed by atoms with E-state index in [-0.39, 0.29) is 0 Å². The molecule has 0 saturated heterocycles. The first-order valence-corrected chi connectivity index (χ1v) is 2.66. The molecule has 0 aromatic rings. The Morgan fingerprint density at radius 2 is 2.25 bits per heavy atom. The van der Waals surface area contributed by atoms with Crippen LogP contribution in [0.5, 0.6) is 0 Å². The standard InChI is InChI=1S/C5H8ClNO/c1-4(8)5(2,6)3-7/h4,8H,1-2H3. The predicted octanol–water partition coefficient (Wildman–Crippen LogP) is 0.888. The number of alkyl halides is 1. The highest BCUT2D eigenvalue weighted by molar-refractivity contribution is 6.25. The molecule has 0 amide bonds. The minimum atomic E-state index is -1.12. The maximum atomic E-state index is 8.73. The highest BCUT2D eigenvalue weighted by atomic mass is 35.5. The van der Waals surface area contributed by atoms with E-state index in [1.54, 1.807) is 6.07 Å². The van der Waals surface area contributed by atoms with Gasteiger partial charge >= 0.3 is 0 Å². The second-order valence-corrected chi connectivity index (χ2v) is 2.65. The molecule has 0 aliphatic rings. The molecule has 0 radical (unpaired) electrons. The van der Waals surface area contributed by atoms with Gasteiger partial charge in [0.1, 0.15) is 0 Å². The minimum absolute atomic E-state index is 0.783. The summed E-state index contributed by atoms with van der Waals surface area (Å²) >= 11 is 5.44. The Bertz CT molecular complexity index is 114. The Hall–Kier alpha value is -0.260. The summed E-state index contributed by atoms with van der Waals surface area (Å²) in [5, 5.41) is 16.9. The van der Waals surface area contributed by atoms with E-state index in [1.165, 1.54) is 13.8 Å². The van der Waals surface area contributed by atoms with Crippen LogP contribution in [-0.4, -0.2) is 16.1 Å². The van der Waals surface area contributed by atoms with Crippen molar-refractivity contribution in [2.24, 2.45) is 0 Å². The normalized spacial score (nSPS) is 20.9. The van der Waals surface area contributed by atoms with E-state index in [0.29, 0.717) is 0 Å². The van der Waals surface area contributed by atoms with Gasteiger partial charge in [0, 0.05) is 0 Å². The van der Waals surface area contributed by atoms with Crippen molar-refractivity contribution < 1.29 is 5.11 Å². The van der Waals surface area contributed by atoms with Crippen LogP contribution in [0, 0.1) is 11.3 Å². The van der Waals surface area contributed by atoms with Crippen LogP contribution in [0.15, 0.2) is 0 Å². The van der Waals surface area contributed by atoms with Crippen LogP contribution in [0.4, 0.5) is 0 Å². The van der Waals surface area contributed by atoms with Crippen molar-refractivity contribution in [3.8, 4) is 6.07 Å². The maximum absolute atomic E-state index is 8.73. The zero-order chi connectivity index (χ0) is 6.78. The molecule has 0 saturated carbocycles. The van der Waals surface area contributed by atoms with Gasteiger partial charge in [0.15, 0.2) is 4.87 Å². The Morgan fingerprint density at radius 3 is 2.25 bits per heavy atom. The van der Waals surface area contributed by atoms with Crippen molar-refractivity contribution in [3.05, 3.63) is 0 Å². The Balaban J connectivity index is 3.97. The molecule has 8 heavy (non-hydrogen) atoms. The van der Waals surface area contributed by atoms with Crippen molar-refractivity contribution in [2.75, 3.05) is 0 Å². The Morgan fingerprint density at radius 1 is 1.88 bits per heavy atom. The highest BCUT2D eigenvalue weighted by Gasteiger charge is 2.25. The molecule has 0 aliphatic heterocycles. The van der Waals surface area contributed by atoms with E-state index in [4.69, 9.17) is 22.0 Å². The minimum Gasteiger partial charge on any atom is -0.390 e. The molecule has 3 heteroatoms. The van der Waals surface area contributed by atoms with Crippen molar-refractivity contribution in [2.45, 2.75) is 24.8 Å². The van der Waals surface area contributed by atoms with Gasteiger partial charge < -0.3 is 5.11 Å². The summed E-state index contributed by atoms with van der Waals surface area (Å²) < 4.78 is 0. The Labute approximate surface area is 53.7 Å². The largest absolute Gasteiger partial charge is 0.390 e. The van der Waals surface area contributed by atoms with E-state index < -0.39 is 11.0 Å². The Kier molecular flexibility index (Phi) is 2.26. The van der Waals surface area contributed by atoms with Gasteiger partial charge in [-0.05, 0) is 13.8 Å². The van der Waals surface area contributed by atoms with E-state index in [9.17, 15) is 0 Å². The van der Waals surface area contributed by atoms with Gasteiger partial charge in [-0.25, -0.2) is 0 Å². The van der Waals surface area contributed by atoms with Gasteiger partial charge in [0.25, 0.3) is 0 Å². The number of aliphatic hydroxyl groups is 1. The molecule has 0 rings (SSSR count). The second-order valence-electron chi connectivity index (χ2n) is 1.86. The molecule has 0 aromatic carbocycles. The molecule has 2 unspecified atom stereocenters. The SMILES string of the molecule is CC(O)C(C)(Cl)C#N. The summed E-state index contributed by atoms with van der Waals surface area (Å²) in [6, 6.07) is 1.76. The molecule has 1 N–H and O–H groups in total. The summed E-state index contributed by atoms with van der Waals surface area (Å²) in [5.74, 6) is 0. The van der Waals surface area contributed by atoms with E-state index in [1.807, 2.05) is 0 Å². The number of nitrogens with zero attached hydrogens (tertiary/aromatic N) is 1. The van der Waals surface area contributed by atoms with Gasteiger partial charge in [-0.15, -0.1) is 11.6 Å². The highest BCUT2D eigenvalue weighted by Crippen LogP contribution is 2.16. The van der Waals surface area contributed by atoms with Crippen LogP contribution < -0.4 is 0 Å². The zero-order valence-corrected chi connectivity index (χ0v) is 5.61. The number of rotatable bonds is 1. The lowest BCUT2D eigenvalue weighted by Crippen LogP contribution is -2.28. The summed E-state index contributed by atoms with van der Waals surface area (Å²) in [4.78, 5) is -1.12. The first-order chi connectivity index (χ1) is 3.50. The van der Waals surface area contributed by atoms with Crippen molar-refractivity contribution >= 4 is 11.6 Å². The summed E-state index contributed by atoms with van der Waals surface area (Å²) in [6.07, 6.45) is -0.783. The molecule has 46 valence electrons.